The van der Waals surface area contributed by atoms with Crippen molar-refractivity contribution in [3.8, 4) is 5.75 Å². The van der Waals surface area contributed by atoms with E-state index in [1.807, 2.05) is 0 Å². The summed E-state index contributed by atoms with van der Waals surface area (Å²) in [5.74, 6) is -1.66. The van der Waals surface area contributed by atoms with Crippen LogP contribution in [0.4, 0.5) is 0 Å². The third-order valence-electron chi connectivity index (χ3n) is 3.79. The van der Waals surface area contributed by atoms with Crippen LogP contribution in [0.25, 0.3) is 10.9 Å². The van der Waals surface area contributed by atoms with Gasteiger partial charge in [-0.25, -0.2) is 4.79 Å². The molecule has 0 amide bonds. The topological polar surface area (TPSA) is 112 Å². The number of rotatable bonds is 6. The monoisotopic (exact) mass is 361 g/mol. The molecule has 8 heteroatoms. The van der Waals surface area contributed by atoms with Crippen LogP contribution < -0.4 is 10.9 Å². The van der Waals surface area contributed by atoms with Crippen LogP contribution in [-0.4, -0.2) is 35.3 Å². The predicted octanol–water partition coefficient (Wildman–Crippen LogP) is 1.20. The number of hydrogen-bond donors (Lipinski definition) is 1. The molecule has 0 spiro atoms. The van der Waals surface area contributed by atoms with Gasteiger partial charge in [-0.3, -0.25) is 14.4 Å². The van der Waals surface area contributed by atoms with Crippen molar-refractivity contribution in [3.63, 3.8) is 0 Å². The highest BCUT2D eigenvalue weighted by molar-refractivity contribution is 5.91. The Bertz CT molecular complexity index is 962. The Balaban J connectivity index is 2.67. The summed E-state index contributed by atoms with van der Waals surface area (Å²) in [4.78, 5) is 47.7. The largest absolute Gasteiger partial charge is 0.504 e. The molecule has 0 radical (unpaired) electrons. The molecule has 0 aliphatic rings. The lowest BCUT2D eigenvalue weighted by Crippen LogP contribution is -2.20. The van der Waals surface area contributed by atoms with Crippen molar-refractivity contribution in [2.75, 3.05) is 13.7 Å². The average molecular weight is 361 g/mol. The number of fused-ring (bicyclic) bond motifs is 1. The van der Waals surface area contributed by atoms with Crippen molar-refractivity contribution in [2.45, 2.75) is 26.3 Å². The van der Waals surface area contributed by atoms with Crippen LogP contribution in [0.1, 0.15) is 30.3 Å². The Labute approximate surface area is 148 Å². The van der Waals surface area contributed by atoms with E-state index in [0.29, 0.717) is 6.42 Å². The maximum atomic E-state index is 12.4. The first-order chi connectivity index (χ1) is 12.4. The first-order valence-electron chi connectivity index (χ1n) is 8.03. The van der Waals surface area contributed by atoms with Crippen molar-refractivity contribution in [3.05, 3.63) is 50.4 Å². The quantitative estimate of drug-likeness (QED) is 0.769. The number of aryl methyl sites for hydroxylation is 1. The van der Waals surface area contributed by atoms with Gasteiger partial charge in [-0.2, -0.15) is 0 Å². The first-order valence-corrected chi connectivity index (χ1v) is 8.03. The number of methoxy groups -OCH3 is 1. The lowest BCUT2D eigenvalue weighted by atomic mass is 10.2. The molecule has 1 aromatic heterocycles. The highest BCUT2D eigenvalue weighted by atomic mass is 16.5. The minimum Gasteiger partial charge on any atom is -0.504 e. The van der Waals surface area contributed by atoms with E-state index in [1.54, 1.807) is 6.92 Å². The van der Waals surface area contributed by atoms with E-state index in [9.17, 15) is 24.3 Å². The SMILES string of the molecule is CCOC(=O)c1cc(=O)c2cc(O)c(=O)ccc2n1CCCC(=O)OC. The summed E-state index contributed by atoms with van der Waals surface area (Å²) in [7, 11) is 1.28. The predicted molar refractivity (Wildman–Crippen MR) is 93.3 cm³/mol. The number of pyridine rings is 1. The summed E-state index contributed by atoms with van der Waals surface area (Å²) in [5.41, 5.74) is -0.896. The Morgan fingerprint density at radius 1 is 1.15 bits per heavy atom. The van der Waals surface area contributed by atoms with Crippen LogP contribution in [0.5, 0.6) is 5.75 Å². The fourth-order valence-electron chi connectivity index (χ4n) is 2.55. The fraction of sp³-hybridized carbons (Fsp3) is 0.333. The molecule has 1 heterocycles. The number of hydrogen-bond acceptors (Lipinski definition) is 7. The van der Waals surface area contributed by atoms with Gasteiger partial charge in [-0.15, -0.1) is 0 Å². The Hall–Kier alpha value is -3.16. The highest BCUT2D eigenvalue weighted by Crippen LogP contribution is 2.16. The normalized spacial score (nSPS) is 10.5. The Morgan fingerprint density at radius 2 is 1.88 bits per heavy atom. The molecule has 26 heavy (non-hydrogen) atoms. The van der Waals surface area contributed by atoms with Gasteiger partial charge in [-0.05, 0) is 31.5 Å². The van der Waals surface area contributed by atoms with Crippen molar-refractivity contribution in [1.29, 1.82) is 0 Å². The van der Waals surface area contributed by atoms with E-state index in [-0.39, 0.29) is 36.2 Å². The molecule has 2 aromatic rings. The molecule has 138 valence electrons. The molecule has 0 bridgehead atoms. The van der Waals surface area contributed by atoms with Crippen LogP contribution in [-0.2, 0) is 20.8 Å². The fourth-order valence-corrected chi connectivity index (χ4v) is 2.55. The van der Waals surface area contributed by atoms with Crippen LogP contribution in [0.15, 0.2) is 33.9 Å². The second-order valence-corrected chi connectivity index (χ2v) is 5.47. The van der Waals surface area contributed by atoms with Gasteiger partial charge in [0.1, 0.15) is 5.69 Å². The first kappa shape index (κ1) is 19.2. The third-order valence-corrected chi connectivity index (χ3v) is 3.79. The summed E-state index contributed by atoms with van der Waals surface area (Å²) in [6, 6.07) is 4.65. The highest BCUT2D eigenvalue weighted by Gasteiger charge is 2.17. The zero-order valence-electron chi connectivity index (χ0n) is 14.5. The van der Waals surface area contributed by atoms with Gasteiger partial charge in [0.25, 0.3) is 0 Å². The molecular weight excluding hydrogens is 342 g/mol. The van der Waals surface area contributed by atoms with Crippen LogP contribution in [0.3, 0.4) is 0 Å². The second kappa shape index (κ2) is 8.28. The van der Waals surface area contributed by atoms with E-state index in [2.05, 4.69) is 4.74 Å². The van der Waals surface area contributed by atoms with Crippen molar-refractivity contribution in [2.24, 2.45) is 0 Å². The minimum absolute atomic E-state index is 0.00681. The summed E-state index contributed by atoms with van der Waals surface area (Å²) >= 11 is 0. The maximum Gasteiger partial charge on any atom is 0.355 e. The lowest BCUT2D eigenvalue weighted by Gasteiger charge is -2.15. The second-order valence-electron chi connectivity index (χ2n) is 5.47. The van der Waals surface area contributed by atoms with E-state index in [1.165, 1.54) is 17.7 Å². The minimum atomic E-state index is -0.692. The molecule has 1 aromatic carbocycles. The summed E-state index contributed by atoms with van der Waals surface area (Å²) < 4.78 is 11.1. The van der Waals surface area contributed by atoms with E-state index in [4.69, 9.17) is 4.74 Å². The van der Waals surface area contributed by atoms with Crippen LogP contribution in [0, 0.1) is 0 Å². The molecular formula is C18H19NO7. The molecule has 0 fully saturated rings. The maximum absolute atomic E-state index is 12.4. The van der Waals surface area contributed by atoms with Gasteiger partial charge in [0.2, 0.25) is 5.43 Å². The molecule has 8 nitrogen and oxygen atoms in total. The average Bonchev–Trinajstić information content (AvgIpc) is 2.76. The number of carbonyl (C=O) groups excluding carboxylic acids is 2. The number of esters is 2. The molecule has 2 rings (SSSR count). The lowest BCUT2D eigenvalue weighted by molar-refractivity contribution is -0.140. The standard InChI is InChI=1S/C18H19NO7/c1-3-26-18(24)13-10-15(21)11-9-16(22)14(20)7-6-12(11)19(13)8-4-5-17(23)25-2/h6-7,9-10H,3-5,8H2,1-2H3,(H,20,22). The summed E-state index contributed by atoms with van der Waals surface area (Å²) in [6.45, 7) is 1.97. The molecule has 0 aliphatic carbocycles. The van der Waals surface area contributed by atoms with Crippen molar-refractivity contribution in [1.82, 2.24) is 4.57 Å². The van der Waals surface area contributed by atoms with Gasteiger partial charge in [0.15, 0.2) is 11.2 Å². The molecule has 0 saturated carbocycles. The van der Waals surface area contributed by atoms with Crippen molar-refractivity contribution < 1.29 is 24.2 Å². The molecule has 0 aliphatic heterocycles. The zero-order valence-corrected chi connectivity index (χ0v) is 14.5. The molecule has 0 saturated heterocycles. The van der Waals surface area contributed by atoms with E-state index >= 15 is 0 Å². The number of aromatic nitrogens is 1. The van der Waals surface area contributed by atoms with Gasteiger partial charge in [-0.1, -0.05) is 0 Å². The molecule has 0 atom stereocenters. The van der Waals surface area contributed by atoms with Gasteiger partial charge in [0, 0.05) is 24.4 Å². The molecule has 0 unspecified atom stereocenters. The Morgan fingerprint density at radius 3 is 2.54 bits per heavy atom. The number of carbonyl (C=O) groups is 2. The molecule has 1 N–H and O–H groups in total. The van der Waals surface area contributed by atoms with Gasteiger partial charge >= 0.3 is 11.9 Å². The zero-order chi connectivity index (χ0) is 19.3. The summed E-state index contributed by atoms with van der Waals surface area (Å²) in [5, 5.41) is 9.80. The van der Waals surface area contributed by atoms with E-state index < -0.39 is 28.5 Å². The summed E-state index contributed by atoms with van der Waals surface area (Å²) in [6.07, 6.45) is 0.454. The van der Waals surface area contributed by atoms with Gasteiger partial charge < -0.3 is 19.1 Å². The Kier molecular flexibility index (Phi) is 6.11. The van der Waals surface area contributed by atoms with Gasteiger partial charge in [0.05, 0.1) is 19.2 Å². The smallest absolute Gasteiger partial charge is 0.355 e. The number of ether oxygens (including phenoxy) is 2. The van der Waals surface area contributed by atoms with Crippen LogP contribution in [0.2, 0.25) is 0 Å². The number of nitrogens with zero attached hydrogens (tertiary/aromatic N) is 1. The third kappa shape index (κ3) is 4.08. The van der Waals surface area contributed by atoms with Crippen LogP contribution >= 0.6 is 0 Å². The number of aromatic hydroxyl groups is 1. The van der Waals surface area contributed by atoms with Crippen molar-refractivity contribution >= 4 is 22.8 Å². The van der Waals surface area contributed by atoms with E-state index in [0.717, 1.165) is 18.2 Å².